The number of hydrogen-bond donors (Lipinski definition) is 2. The van der Waals surface area contributed by atoms with Gasteiger partial charge in [-0.25, -0.2) is 0 Å². The molecule has 0 aliphatic heterocycles. The molecule has 0 saturated carbocycles. The highest BCUT2D eigenvalue weighted by Crippen LogP contribution is 2.05. The summed E-state index contributed by atoms with van der Waals surface area (Å²) in [6.45, 7) is 7.80. The monoisotopic (exact) mass is 156 g/mol. The van der Waals surface area contributed by atoms with Crippen LogP contribution in [0.2, 0.25) is 0 Å². The van der Waals surface area contributed by atoms with Crippen LogP contribution in [0.5, 0.6) is 0 Å². The van der Waals surface area contributed by atoms with E-state index in [1.54, 1.807) is 0 Å². The van der Waals surface area contributed by atoms with Crippen LogP contribution >= 0.6 is 0 Å². The second kappa shape index (κ2) is 4.13. The van der Waals surface area contributed by atoms with Crippen LogP contribution in [0, 0.1) is 0 Å². The van der Waals surface area contributed by atoms with Crippen molar-refractivity contribution >= 4 is 5.91 Å². The van der Waals surface area contributed by atoms with Crippen LogP contribution in [0.3, 0.4) is 0 Å². The molecule has 0 aliphatic rings. The van der Waals surface area contributed by atoms with Crippen molar-refractivity contribution < 1.29 is 4.79 Å². The lowest BCUT2D eigenvalue weighted by Crippen LogP contribution is -2.43. The minimum Gasteiger partial charge on any atom is -0.348 e. The quantitative estimate of drug-likeness (QED) is 0.579. The Balaban J connectivity index is 3.89. The lowest BCUT2D eigenvalue weighted by molar-refractivity contribution is -0.118. The van der Waals surface area contributed by atoms with Gasteiger partial charge in [0.1, 0.15) is 0 Å². The van der Waals surface area contributed by atoms with Crippen LogP contribution in [-0.2, 0) is 4.79 Å². The molecule has 0 rings (SSSR count). The largest absolute Gasteiger partial charge is 0.348 e. The molecule has 0 aliphatic carbocycles. The lowest BCUT2D eigenvalue weighted by atomic mass is 10.0. The second-order valence-electron chi connectivity index (χ2n) is 3.12. The molecule has 0 fully saturated rings. The van der Waals surface area contributed by atoms with Crippen LogP contribution in [0.1, 0.15) is 20.3 Å². The van der Waals surface area contributed by atoms with Crippen LogP contribution in [0.25, 0.3) is 0 Å². The fraction of sp³-hybridized carbons (Fsp3) is 0.625. The standard InChI is InChI=1S/C8H16N2O/c1-4-7(11)10-8(2,3)5-6-9/h4H,1,5-6,9H2,2-3H3,(H,10,11). The molecule has 3 heteroatoms. The molecule has 3 N–H and O–H groups in total. The Labute approximate surface area is 67.7 Å². The van der Waals surface area contributed by atoms with E-state index in [1.165, 1.54) is 6.08 Å². The summed E-state index contributed by atoms with van der Waals surface area (Å²) in [5, 5.41) is 2.77. The molecule has 0 heterocycles. The number of carbonyl (C=O) groups is 1. The predicted octanol–water partition coefficient (Wildman–Crippen LogP) is 0.416. The van der Waals surface area contributed by atoms with Crippen molar-refractivity contribution in [3.05, 3.63) is 12.7 Å². The third kappa shape index (κ3) is 4.56. The van der Waals surface area contributed by atoms with E-state index in [0.717, 1.165) is 6.42 Å². The van der Waals surface area contributed by atoms with Crippen molar-refractivity contribution in [3.8, 4) is 0 Å². The van der Waals surface area contributed by atoms with Gasteiger partial charge in [0, 0.05) is 5.54 Å². The average molecular weight is 156 g/mol. The van der Waals surface area contributed by atoms with E-state index in [2.05, 4.69) is 11.9 Å². The highest BCUT2D eigenvalue weighted by atomic mass is 16.1. The third-order valence-electron chi connectivity index (χ3n) is 1.42. The van der Waals surface area contributed by atoms with E-state index < -0.39 is 0 Å². The van der Waals surface area contributed by atoms with Gasteiger partial charge in [0.15, 0.2) is 0 Å². The second-order valence-corrected chi connectivity index (χ2v) is 3.12. The third-order valence-corrected chi connectivity index (χ3v) is 1.42. The molecule has 0 atom stereocenters. The number of rotatable bonds is 4. The summed E-state index contributed by atoms with van der Waals surface area (Å²) >= 11 is 0. The Morgan fingerprint density at radius 1 is 1.73 bits per heavy atom. The zero-order valence-electron chi connectivity index (χ0n) is 7.18. The van der Waals surface area contributed by atoms with E-state index in [0.29, 0.717) is 6.54 Å². The van der Waals surface area contributed by atoms with Crippen molar-refractivity contribution in [2.75, 3.05) is 6.54 Å². The van der Waals surface area contributed by atoms with Gasteiger partial charge < -0.3 is 11.1 Å². The minimum absolute atomic E-state index is 0.150. The molecule has 0 unspecified atom stereocenters. The molecular weight excluding hydrogens is 140 g/mol. The molecule has 0 aromatic carbocycles. The maximum Gasteiger partial charge on any atom is 0.243 e. The Morgan fingerprint density at radius 2 is 2.27 bits per heavy atom. The summed E-state index contributed by atoms with van der Waals surface area (Å²) in [7, 11) is 0. The van der Waals surface area contributed by atoms with E-state index in [1.807, 2.05) is 13.8 Å². The van der Waals surface area contributed by atoms with E-state index in [4.69, 9.17) is 5.73 Å². The topological polar surface area (TPSA) is 55.1 Å². The Hall–Kier alpha value is -0.830. The normalized spacial score (nSPS) is 10.8. The van der Waals surface area contributed by atoms with E-state index >= 15 is 0 Å². The molecule has 0 bridgehead atoms. The summed E-state index contributed by atoms with van der Waals surface area (Å²) in [5.74, 6) is -0.150. The number of hydrogen-bond acceptors (Lipinski definition) is 2. The summed E-state index contributed by atoms with van der Waals surface area (Å²) < 4.78 is 0. The number of nitrogens with one attached hydrogen (secondary N) is 1. The van der Waals surface area contributed by atoms with Crippen molar-refractivity contribution in [3.63, 3.8) is 0 Å². The van der Waals surface area contributed by atoms with Gasteiger partial charge in [0.2, 0.25) is 5.91 Å². The molecule has 0 spiro atoms. The zero-order chi connectivity index (χ0) is 8.91. The Morgan fingerprint density at radius 3 is 2.64 bits per heavy atom. The van der Waals surface area contributed by atoms with Gasteiger partial charge in [-0.1, -0.05) is 6.58 Å². The number of amides is 1. The van der Waals surface area contributed by atoms with Crippen molar-refractivity contribution in [1.29, 1.82) is 0 Å². The predicted molar refractivity (Wildman–Crippen MR) is 46.1 cm³/mol. The molecule has 0 aromatic heterocycles. The van der Waals surface area contributed by atoms with Crippen LogP contribution < -0.4 is 11.1 Å². The van der Waals surface area contributed by atoms with Gasteiger partial charge in [0.25, 0.3) is 0 Å². The highest BCUT2D eigenvalue weighted by Gasteiger charge is 2.17. The number of carbonyl (C=O) groups excluding carboxylic acids is 1. The molecule has 64 valence electrons. The first-order valence-corrected chi connectivity index (χ1v) is 3.66. The zero-order valence-corrected chi connectivity index (χ0v) is 7.18. The fourth-order valence-corrected chi connectivity index (χ4v) is 0.808. The molecule has 0 saturated heterocycles. The molecule has 11 heavy (non-hydrogen) atoms. The van der Waals surface area contributed by atoms with E-state index in [-0.39, 0.29) is 11.4 Å². The smallest absolute Gasteiger partial charge is 0.243 e. The van der Waals surface area contributed by atoms with Crippen LogP contribution in [-0.4, -0.2) is 18.0 Å². The molecule has 3 nitrogen and oxygen atoms in total. The van der Waals surface area contributed by atoms with Gasteiger partial charge >= 0.3 is 0 Å². The van der Waals surface area contributed by atoms with E-state index in [9.17, 15) is 4.79 Å². The SMILES string of the molecule is C=CC(=O)NC(C)(C)CCN. The van der Waals surface area contributed by atoms with Gasteiger partial charge in [0.05, 0.1) is 0 Å². The van der Waals surface area contributed by atoms with Gasteiger partial charge in [-0.05, 0) is 32.9 Å². The lowest BCUT2D eigenvalue weighted by Gasteiger charge is -2.24. The Kier molecular flexibility index (Phi) is 3.82. The highest BCUT2D eigenvalue weighted by molar-refractivity contribution is 5.87. The van der Waals surface area contributed by atoms with Crippen LogP contribution in [0.15, 0.2) is 12.7 Å². The maximum atomic E-state index is 10.8. The van der Waals surface area contributed by atoms with Crippen molar-refractivity contribution in [2.45, 2.75) is 25.8 Å². The van der Waals surface area contributed by atoms with Crippen molar-refractivity contribution in [2.24, 2.45) is 5.73 Å². The van der Waals surface area contributed by atoms with Gasteiger partial charge in [-0.15, -0.1) is 0 Å². The summed E-state index contributed by atoms with van der Waals surface area (Å²) in [6, 6.07) is 0. The maximum absolute atomic E-state index is 10.8. The first kappa shape index (κ1) is 10.2. The summed E-state index contributed by atoms with van der Waals surface area (Å²) in [6.07, 6.45) is 2.03. The van der Waals surface area contributed by atoms with Gasteiger partial charge in [-0.3, -0.25) is 4.79 Å². The fourth-order valence-electron chi connectivity index (χ4n) is 0.808. The molecule has 0 radical (unpaired) electrons. The summed E-state index contributed by atoms with van der Waals surface area (Å²) in [4.78, 5) is 10.8. The first-order valence-electron chi connectivity index (χ1n) is 3.66. The molecular formula is C8H16N2O. The molecule has 1 amide bonds. The molecule has 0 aromatic rings. The van der Waals surface area contributed by atoms with Crippen LogP contribution in [0.4, 0.5) is 0 Å². The minimum atomic E-state index is -0.222. The first-order chi connectivity index (χ1) is 5.02. The average Bonchev–Trinajstić information content (AvgIpc) is 1.86. The number of nitrogens with two attached hydrogens (primary N) is 1. The van der Waals surface area contributed by atoms with Crippen molar-refractivity contribution in [1.82, 2.24) is 5.32 Å². The summed E-state index contributed by atoms with van der Waals surface area (Å²) in [5.41, 5.74) is 5.13. The van der Waals surface area contributed by atoms with Gasteiger partial charge in [-0.2, -0.15) is 0 Å². The Bertz CT molecular complexity index is 152.